The minimum absolute atomic E-state index is 1.22. The molecule has 0 aliphatic carbocycles. The van der Waals surface area contributed by atoms with Crippen LogP contribution in [-0.2, 0) is 0 Å². The van der Waals surface area contributed by atoms with Gasteiger partial charge in [0.05, 0.1) is 0 Å². The molecule has 0 aliphatic rings. The van der Waals surface area contributed by atoms with Gasteiger partial charge in [0.2, 0.25) is 0 Å². The van der Waals surface area contributed by atoms with E-state index >= 15 is 0 Å². The summed E-state index contributed by atoms with van der Waals surface area (Å²) in [5, 5.41) is 0. The molecule has 0 saturated heterocycles. The van der Waals surface area contributed by atoms with Crippen LogP contribution in [0.1, 0.15) is 54.9 Å². The van der Waals surface area contributed by atoms with Gasteiger partial charge in [-0.25, -0.2) is 0 Å². The van der Waals surface area contributed by atoms with E-state index < -0.39 is 0 Å². The van der Waals surface area contributed by atoms with E-state index in [2.05, 4.69) is 46.2 Å². The van der Waals surface area contributed by atoms with Crippen molar-refractivity contribution < 1.29 is 0 Å². The van der Waals surface area contributed by atoms with Crippen LogP contribution in [-0.4, -0.2) is 0 Å². The molecule has 0 bridgehead atoms. The average molecular weight is 203 g/mol. The van der Waals surface area contributed by atoms with Gasteiger partial charge in [-0.15, -0.1) is 0 Å². The first-order valence-electron chi connectivity index (χ1n) is 6.06. The zero-order valence-electron chi connectivity index (χ0n) is 10.6. The summed E-state index contributed by atoms with van der Waals surface area (Å²) < 4.78 is 0. The predicted molar refractivity (Wildman–Crippen MR) is 68.2 cm³/mol. The van der Waals surface area contributed by atoms with Crippen molar-refractivity contribution in [1.82, 2.24) is 0 Å². The zero-order chi connectivity index (χ0) is 11.3. The van der Waals surface area contributed by atoms with Crippen LogP contribution < -0.4 is 0 Å². The summed E-state index contributed by atoms with van der Waals surface area (Å²) in [6, 6.07) is 4.56. The van der Waals surface area contributed by atoms with E-state index in [0.717, 1.165) is 0 Å². The summed E-state index contributed by atoms with van der Waals surface area (Å²) in [4.78, 5) is 0. The lowest BCUT2D eigenvalue weighted by Gasteiger charge is -2.10. The largest absolute Gasteiger partial charge is 0.0654 e. The molecule has 0 nitrogen and oxygen atoms in total. The number of aryl methyl sites for hydroxylation is 2. The lowest BCUT2D eigenvalue weighted by atomic mass is 9.96. The Morgan fingerprint density at radius 3 is 2.47 bits per heavy atom. The number of unbranched alkanes of at least 4 members (excludes halogenated alkanes) is 3. The van der Waals surface area contributed by atoms with E-state index in [-0.39, 0.29) is 0 Å². The van der Waals surface area contributed by atoms with Crippen LogP contribution in [0.4, 0.5) is 0 Å². The highest BCUT2D eigenvalue weighted by Crippen LogP contribution is 2.19. The monoisotopic (exact) mass is 203 g/mol. The first kappa shape index (κ1) is 12.3. The number of rotatable bonds is 5. The molecule has 0 heteroatoms. The quantitative estimate of drug-likeness (QED) is 0.606. The van der Waals surface area contributed by atoms with Crippen molar-refractivity contribution in [1.29, 1.82) is 0 Å². The molecule has 0 heterocycles. The van der Waals surface area contributed by atoms with Crippen molar-refractivity contribution in [2.24, 2.45) is 0 Å². The molecule has 0 N–H and O–H groups in total. The Bertz CT molecular complexity index is 310. The molecule has 15 heavy (non-hydrogen) atoms. The maximum atomic E-state index is 2.39. The number of benzene rings is 1. The van der Waals surface area contributed by atoms with Crippen LogP contribution in [0.15, 0.2) is 12.1 Å². The zero-order valence-corrected chi connectivity index (χ0v) is 10.6. The highest BCUT2D eigenvalue weighted by Gasteiger charge is 2.02. The van der Waals surface area contributed by atoms with E-state index in [9.17, 15) is 0 Å². The maximum Gasteiger partial charge on any atom is -0.00902 e. The SMILES string of the molecule is CCCCC[CH]c1cc(C)cc(C)c1C. The van der Waals surface area contributed by atoms with Crippen molar-refractivity contribution in [3.05, 3.63) is 40.8 Å². The third-order valence-corrected chi connectivity index (χ3v) is 3.02. The van der Waals surface area contributed by atoms with Crippen LogP contribution in [0.25, 0.3) is 0 Å². The van der Waals surface area contributed by atoms with Crippen LogP contribution in [0, 0.1) is 27.2 Å². The van der Waals surface area contributed by atoms with Gasteiger partial charge in [-0.05, 0) is 50.3 Å². The van der Waals surface area contributed by atoms with E-state index in [1.807, 2.05) is 0 Å². The van der Waals surface area contributed by atoms with E-state index in [0.29, 0.717) is 0 Å². The fourth-order valence-corrected chi connectivity index (χ4v) is 1.94. The highest BCUT2D eigenvalue weighted by molar-refractivity contribution is 5.40. The summed E-state index contributed by atoms with van der Waals surface area (Å²) >= 11 is 0. The van der Waals surface area contributed by atoms with Gasteiger partial charge in [-0.2, -0.15) is 0 Å². The Morgan fingerprint density at radius 1 is 1.07 bits per heavy atom. The van der Waals surface area contributed by atoms with Gasteiger partial charge in [0.15, 0.2) is 0 Å². The molecule has 0 aliphatic heterocycles. The molecular weight excluding hydrogens is 180 g/mol. The molecular formula is C15H23. The normalized spacial score (nSPS) is 10.7. The Balaban J connectivity index is 2.60. The molecule has 0 atom stereocenters. The van der Waals surface area contributed by atoms with Crippen molar-refractivity contribution in [3.63, 3.8) is 0 Å². The van der Waals surface area contributed by atoms with Crippen LogP contribution in [0.2, 0.25) is 0 Å². The second kappa shape index (κ2) is 5.95. The number of hydrogen-bond donors (Lipinski definition) is 0. The minimum Gasteiger partial charge on any atom is -0.0654 e. The first-order valence-corrected chi connectivity index (χ1v) is 6.06. The Hall–Kier alpha value is -0.780. The molecule has 0 fully saturated rings. The molecule has 0 saturated carbocycles. The van der Waals surface area contributed by atoms with Gasteiger partial charge in [0, 0.05) is 0 Å². The fourth-order valence-electron chi connectivity index (χ4n) is 1.94. The lowest BCUT2D eigenvalue weighted by molar-refractivity contribution is 0.714. The fraction of sp³-hybridized carbons (Fsp3) is 0.533. The molecule has 0 unspecified atom stereocenters. The van der Waals surface area contributed by atoms with Gasteiger partial charge in [-0.1, -0.05) is 43.9 Å². The second-order valence-electron chi connectivity index (χ2n) is 4.50. The van der Waals surface area contributed by atoms with Gasteiger partial charge < -0.3 is 0 Å². The molecule has 1 aromatic rings. The second-order valence-corrected chi connectivity index (χ2v) is 4.50. The topological polar surface area (TPSA) is 0 Å². The standard InChI is InChI=1S/C15H23/c1-5-6-7-8-9-15-11-12(2)10-13(3)14(15)4/h9-11H,5-8H2,1-4H3. The number of hydrogen-bond acceptors (Lipinski definition) is 0. The molecule has 0 aromatic heterocycles. The molecule has 0 amide bonds. The van der Waals surface area contributed by atoms with Crippen molar-refractivity contribution in [2.45, 2.75) is 53.4 Å². The third kappa shape index (κ3) is 3.70. The Morgan fingerprint density at radius 2 is 1.80 bits per heavy atom. The third-order valence-electron chi connectivity index (χ3n) is 3.02. The van der Waals surface area contributed by atoms with Gasteiger partial charge in [-0.3, -0.25) is 0 Å². The predicted octanol–water partition coefficient (Wildman–Crippen LogP) is 4.74. The van der Waals surface area contributed by atoms with E-state index in [4.69, 9.17) is 0 Å². The smallest absolute Gasteiger partial charge is 0.00902 e. The van der Waals surface area contributed by atoms with Crippen molar-refractivity contribution >= 4 is 0 Å². The average Bonchev–Trinajstić information content (AvgIpc) is 2.19. The van der Waals surface area contributed by atoms with Crippen LogP contribution >= 0.6 is 0 Å². The minimum atomic E-state index is 1.22. The maximum absolute atomic E-state index is 2.39. The van der Waals surface area contributed by atoms with Gasteiger partial charge in [0.1, 0.15) is 0 Å². The Labute approximate surface area is 94.7 Å². The highest BCUT2D eigenvalue weighted by atomic mass is 14.1. The van der Waals surface area contributed by atoms with Crippen molar-refractivity contribution in [3.8, 4) is 0 Å². The first-order chi connectivity index (χ1) is 7.15. The van der Waals surface area contributed by atoms with Crippen LogP contribution in [0.5, 0.6) is 0 Å². The lowest BCUT2D eigenvalue weighted by Crippen LogP contribution is -1.92. The summed E-state index contributed by atoms with van der Waals surface area (Å²) in [7, 11) is 0. The van der Waals surface area contributed by atoms with Crippen LogP contribution in [0.3, 0.4) is 0 Å². The van der Waals surface area contributed by atoms with E-state index in [1.54, 1.807) is 0 Å². The Kier molecular flexibility index (Phi) is 4.87. The molecule has 1 aromatic carbocycles. The molecule has 83 valence electrons. The molecule has 0 spiro atoms. The summed E-state index contributed by atoms with van der Waals surface area (Å²) in [6.07, 6.45) is 7.59. The summed E-state index contributed by atoms with van der Waals surface area (Å²) in [5.74, 6) is 0. The van der Waals surface area contributed by atoms with Crippen molar-refractivity contribution in [2.75, 3.05) is 0 Å². The molecule has 1 radical (unpaired) electrons. The summed E-state index contributed by atoms with van der Waals surface area (Å²) in [6.45, 7) is 8.85. The van der Waals surface area contributed by atoms with Gasteiger partial charge in [0.25, 0.3) is 0 Å². The van der Waals surface area contributed by atoms with E-state index in [1.165, 1.54) is 47.9 Å². The summed E-state index contributed by atoms with van der Waals surface area (Å²) in [5.41, 5.74) is 5.66. The van der Waals surface area contributed by atoms with Gasteiger partial charge >= 0.3 is 0 Å². The molecule has 1 rings (SSSR count).